The van der Waals surface area contributed by atoms with Gasteiger partial charge in [-0.25, -0.2) is 4.68 Å². The molecule has 0 bridgehead atoms. The van der Waals surface area contributed by atoms with Crippen molar-refractivity contribution in [3.63, 3.8) is 0 Å². The Morgan fingerprint density at radius 2 is 2.10 bits per heavy atom. The van der Waals surface area contributed by atoms with Gasteiger partial charge in [0.2, 0.25) is 0 Å². The van der Waals surface area contributed by atoms with E-state index in [2.05, 4.69) is 10.3 Å². The normalized spacial score (nSPS) is 19.1. The molecule has 3 rings (SSSR count). The number of hydrogen-bond acceptors (Lipinski definition) is 4. The number of benzene rings is 1. The van der Waals surface area contributed by atoms with Crippen molar-refractivity contribution < 1.29 is 9.90 Å². The molecular formula is C14H16N4O2. The third-order valence-corrected chi connectivity index (χ3v) is 3.42. The fraction of sp³-hybridized carbons (Fsp3) is 0.357. The maximum atomic E-state index is 12.3. The van der Waals surface area contributed by atoms with Crippen LogP contribution in [0.4, 0.5) is 0 Å². The molecule has 0 spiro atoms. The number of aliphatic hydroxyl groups excluding tert-OH is 1. The van der Waals surface area contributed by atoms with Crippen LogP contribution >= 0.6 is 0 Å². The molecule has 1 fully saturated rings. The number of aromatic nitrogens is 3. The van der Waals surface area contributed by atoms with E-state index in [0.717, 1.165) is 18.5 Å². The standard InChI is InChI=1S/C14H16N4O2/c19-12-7-4-8-17(9-12)14(20)13-10-18(16-15-13)11-5-2-1-3-6-11/h1-3,5-6,10,12,19H,4,7-9H2. The smallest absolute Gasteiger partial charge is 0.276 e. The Morgan fingerprint density at radius 1 is 1.30 bits per heavy atom. The van der Waals surface area contributed by atoms with Gasteiger partial charge < -0.3 is 10.0 Å². The van der Waals surface area contributed by atoms with Crippen LogP contribution in [0.1, 0.15) is 23.3 Å². The number of amides is 1. The SMILES string of the molecule is O=C(c1cn(-c2ccccc2)nn1)N1CCCC(O)C1. The molecule has 1 aliphatic heterocycles. The maximum Gasteiger partial charge on any atom is 0.276 e. The van der Waals surface area contributed by atoms with Crippen LogP contribution in [0.5, 0.6) is 0 Å². The lowest BCUT2D eigenvalue weighted by Crippen LogP contribution is -2.42. The molecule has 2 aromatic rings. The van der Waals surface area contributed by atoms with Crippen molar-refractivity contribution in [3.05, 3.63) is 42.2 Å². The van der Waals surface area contributed by atoms with Gasteiger partial charge in [0, 0.05) is 13.1 Å². The fourth-order valence-electron chi connectivity index (χ4n) is 2.37. The first-order chi connectivity index (χ1) is 9.74. The Labute approximate surface area is 116 Å². The lowest BCUT2D eigenvalue weighted by molar-refractivity contribution is 0.0469. The molecule has 2 heterocycles. The topological polar surface area (TPSA) is 71.2 Å². The van der Waals surface area contributed by atoms with E-state index < -0.39 is 6.10 Å². The van der Waals surface area contributed by atoms with E-state index >= 15 is 0 Å². The fourth-order valence-corrected chi connectivity index (χ4v) is 2.37. The number of likely N-dealkylation sites (tertiary alicyclic amines) is 1. The van der Waals surface area contributed by atoms with Gasteiger partial charge in [0.1, 0.15) is 0 Å². The molecule has 1 amide bonds. The van der Waals surface area contributed by atoms with Crippen LogP contribution in [0, 0.1) is 0 Å². The second-order valence-electron chi connectivity index (χ2n) is 4.93. The Kier molecular flexibility index (Phi) is 3.47. The summed E-state index contributed by atoms with van der Waals surface area (Å²) in [6, 6.07) is 9.52. The third-order valence-electron chi connectivity index (χ3n) is 3.42. The van der Waals surface area contributed by atoms with Crippen molar-refractivity contribution in [1.82, 2.24) is 19.9 Å². The summed E-state index contributed by atoms with van der Waals surface area (Å²) < 4.78 is 1.58. The number of hydrogen-bond donors (Lipinski definition) is 1. The largest absolute Gasteiger partial charge is 0.391 e. The highest BCUT2D eigenvalue weighted by molar-refractivity contribution is 5.92. The molecule has 0 radical (unpaired) electrons. The van der Waals surface area contributed by atoms with E-state index in [-0.39, 0.29) is 5.91 Å². The Bertz CT molecular complexity index is 596. The monoisotopic (exact) mass is 272 g/mol. The summed E-state index contributed by atoms with van der Waals surface area (Å²) in [7, 11) is 0. The number of nitrogens with zero attached hydrogens (tertiary/aromatic N) is 4. The van der Waals surface area contributed by atoms with Crippen LogP contribution < -0.4 is 0 Å². The predicted molar refractivity (Wildman–Crippen MR) is 72.5 cm³/mol. The molecule has 1 unspecified atom stereocenters. The van der Waals surface area contributed by atoms with Crippen molar-refractivity contribution in [3.8, 4) is 5.69 Å². The van der Waals surface area contributed by atoms with Crippen LogP contribution in [0.25, 0.3) is 5.69 Å². The highest BCUT2D eigenvalue weighted by atomic mass is 16.3. The number of carbonyl (C=O) groups excluding carboxylic acids is 1. The summed E-state index contributed by atoms with van der Waals surface area (Å²) in [6.07, 6.45) is 2.76. The molecule has 1 saturated heterocycles. The predicted octanol–water partition coefficient (Wildman–Crippen LogP) is 0.864. The first-order valence-electron chi connectivity index (χ1n) is 6.69. The van der Waals surface area contributed by atoms with Crippen molar-refractivity contribution >= 4 is 5.91 Å². The zero-order chi connectivity index (χ0) is 13.9. The molecule has 1 aromatic carbocycles. The van der Waals surface area contributed by atoms with E-state index in [0.29, 0.717) is 18.8 Å². The molecular weight excluding hydrogens is 256 g/mol. The van der Waals surface area contributed by atoms with E-state index in [9.17, 15) is 9.90 Å². The average Bonchev–Trinajstić information content (AvgIpc) is 2.97. The highest BCUT2D eigenvalue weighted by Crippen LogP contribution is 2.13. The van der Waals surface area contributed by atoms with Crippen LogP contribution in [0.2, 0.25) is 0 Å². The number of para-hydroxylation sites is 1. The van der Waals surface area contributed by atoms with E-state index in [1.807, 2.05) is 30.3 Å². The van der Waals surface area contributed by atoms with Gasteiger partial charge in [0.05, 0.1) is 18.0 Å². The van der Waals surface area contributed by atoms with Crippen molar-refractivity contribution in [2.45, 2.75) is 18.9 Å². The zero-order valence-corrected chi connectivity index (χ0v) is 11.0. The maximum absolute atomic E-state index is 12.3. The average molecular weight is 272 g/mol. The van der Waals surface area contributed by atoms with Gasteiger partial charge in [-0.05, 0) is 25.0 Å². The first kappa shape index (κ1) is 12.8. The summed E-state index contributed by atoms with van der Waals surface area (Å²) in [6.45, 7) is 1.03. The molecule has 0 aliphatic carbocycles. The second kappa shape index (κ2) is 5.42. The Balaban J connectivity index is 1.78. The van der Waals surface area contributed by atoms with Gasteiger partial charge in [0.25, 0.3) is 5.91 Å². The minimum atomic E-state index is -0.433. The van der Waals surface area contributed by atoms with Crippen molar-refractivity contribution in [1.29, 1.82) is 0 Å². The molecule has 1 aromatic heterocycles. The van der Waals surface area contributed by atoms with Crippen LogP contribution in [-0.2, 0) is 0 Å². The Morgan fingerprint density at radius 3 is 2.85 bits per heavy atom. The molecule has 20 heavy (non-hydrogen) atoms. The van der Waals surface area contributed by atoms with Gasteiger partial charge >= 0.3 is 0 Å². The Hall–Kier alpha value is -2.21. The number of piperidine rings is 1. The van der Waals surface area contributed by atoms with Crippen molar-refractivity contribution in [2.75, 3.05) is 13.1 Å². The van der Waals surface area contributed by atoms with E-state index in [1.165, 1.54) is 0 Å². The molecule has 1 atom stereocenters. The summed E-state index contributed by atoms with van der Waals surface area (Å²) in [5.41, 5.74) is 1.17. The minimum Gasteiger partial charge on any atom is -0.391 e. The number of rotatable bonds is 2. The van der Waals surface area contributed by atoms with E-state index in [1.54, 1.807) is 15.8 Å². The van der Waals surface area contributed by atoms with Gasteiger partial charge in [0.15, 0.2) is 5.69 Å². The third kappa shape index (κ3) is 2.55. The molecule has 1 aliphatic rings. The van der Waals surface area contributed by atoms with Gasteiger partial charge in [-0.15, -0.1) is 5.10 Å². The molecule has 6 heteroatoms. The molecule has 104 valence electrons. The summed E-state index contributed by atoms with van der Waals surface area (Å²) in [4.78, 5) is 13.9. The van der Waals surface area contributed by atoms with Gasteiger partial charge in [-0.2, -0.15) is 0 Å². The summed E-state index contributed by atoms with van der Waals surface area (Å²) >= 11 is 0. The van der Waals surface area contributed by atoms with Crippen LogP contribution in [0.3, 0.4) is 0 Å². The van der Waals surface area contributed by atoms with Crippen LogP contribution in [0.15, 0.2) is 36.5 Å². The van der Waals surface area contributed by atoms with E-state index in [4.69, 9.17) is 0 Å². The van der Waals surface area contributed by atoms with Crippen LogP contribution in [-0.4, -0.2) is 50.1 Å². The molecule has 1 N–H and O–H groups in total. The highest BCUT2D eigenvalue weighted by Gasteiger charge is 2.25. The number of carbonyl (C=O) groups is 1. The number of β-amino-alcohol motifs (C(OH)–C–C–N with tert-alkyl or cyclic N) is 1. The van der Waals surface area contributed by atoms with Gasteiger partial charge in [-0.3, -0.25) is 4.79 Å². The quantitative estimate of drug-likeness (QED) is 0.880. The summed E-state index contributed by atoms with van der Waals surface area (Å²) in [5.74, 6) is -0.175. The molecule has 6 nitrogen and oxygen atoms in total. The minimum absolute atomic E-state index is 0.175. The molecule has 0 saturated carbocycles. The lowest BCUT2D eigenvalue weighted by atomic mass is 10.1. The number of aliphatic hydroxyl groups is 1. The summed E-state index contributed by atoms with van der Waals surface area (Å²) in [5, 5.41) is 17.5. The lowest BCUT2D eigenvalue weighted by Gasteiger charge is -2.29. The van der Waals surface area contributed by atoms with Gasteiger partial charge in [-0.1, -0.05) is 23.4 Å². The zero-order valence-electron chi connectivity index (χ0n) is 11.0. The second-order valence-corrected chi connectivity index (χ2v) is 4.93. The van der Waals surface area contributed by atoms with Crippen molar-refractivity contribution in [2.24, 2.45) is 0 Å². The first-order valence-corrected chi connectivity index (χ1v) is 6.69.